The summed E-state index contributed by atoms with van der Waals surface area (Å²) in [5.41, 5.74) is 0. The minimum atomic E-state index is -1.83. The predicted octanol–water partition coefficient (Wildman–Crippen LogP) is 3.23. The highest BCUT2D eigenvalue weighted by Gasteiger charge is 1.65. The van der Waals surface area contributed by atoms with Crippen LogP contribution in [0.15, 0.2) is 25.8 Å². The lowest BCUT2D eigenvalue weighted by Crippen LogP contribution is -1.33. The fourth-order valence-electron chi connectivity index (χ4n) is 0. The van der Waals surface area contributed by atoms with Crippen LogP contribution in [0.4, 0.5) is 8.78 Å². The Labute approximate surface area is 49.5 Å². The van der Waals surface area contributed by atoms with Gasteiger partial charge in [-0.25, -0.2) is 0 Å². The molecule has 0 aromatic rings. The second kappa shape index (κ2) is 33.0. The molecule has 0 unspecified atom stereocenters. The highest BCUT2D eigenvalue weighted by atomic mass is 19.3. The Morgan fingerprint density at radius 3 is 1.12 bits per heavy atom. The Bertz CT molecular complexity index is 37.8. The van der Waals surface area contributed by atoms with Gasteiger partial charge < -0.3 is 0 Å². The third-order valence-electron chi connectivity index (χ3n) is 0. The third-order valence-corrected chi connectivity index (χ3v) is 0. The lowest BCUT2D eigenvalue weighted by molar-refractivity contribution is 0.426. The maximum absolute atomic E-state index is 10.1. The zero-order valence-corrected chi connectivity index (χ0v) is 5.38. The largest absolute Gasteiger partial charge is 0.263 e. The van der Waals surface area contributed by atoms with Gasteiger partial charge in [-0.2, -0.15) is 8.78 Å². The van der Waals surface area contributed by atoms with Crippen LogP contribution in [-0.4, -0.2) is 0 Å². The second-order valence-electron chi connectivity index (χ2n) is 0.339. The summed E-state index contributed by atoms with van der Waals surface area (Å²) >= 11 is 0. The summed E-state index contributed by atoms with van der Waals surface area (Å²) in [6.45, 7) is 12.2. The highest BCUT2D eigenvalue weighted by molar-refractivity contribution is 4.57. The molecule has 0 heterocycles. The van der Waals surface area contributed by atoms with E-state index in [9.17, 15) is 8.78 Å². The van der Waals surface area contributed by atoms with E-state index in [4.69, 9.17) is 0 Å². The smallest absolute Gasteiger partial charge is 0.174 e. The fraction of sp³-hybridized carbons (Fsp3) is 0.333. The van der Waals surface area contributed by atoms with E-state index in [2.05, 4.69) is 19.7 Å². The van der Waals surface area contributed by atoms with Crippen molar-refractivity contribution in [2.75, 3.05) is 0 Å². The van der Waals surface area contributed by atoms with E-state index in [-0.39, 0.29) is 0 Å². The predicted molar refractivity (Wildman–Crippen MR) is 34.0 cm³/mol. The zero-order chi connectivity index (χ0) is 7.58. The summed E-state index contributed by atoms with van der Waals surface area (Å²) in [7, 11) is 0. The summed E-state index contributed by atoms with van der Waals surface area (Å²) < 4.78 is 20.3. The SMILES string of the molecule is C=C.C=C(F)F.CC. The average molecular weight is 122 g/mol. The van der Waals surface area contributed by atoms with Gasteiger partial charge in [0.15, 0.2) is 0 Å². The normalized spacial score (nSPS) is 4.50. The quantitative estimate of drug-likeness (QED) is 0.433. The molecule has 0 fully saturated rings. The molecule has 0 bridgehead atoms. The first-order chi connectivity index (χ1) is 3.73. The summed E-state index contributed by atoms with van der Waals surface area (Å²) in [5, 5.41) is 0. The molecular weight excluding hydrogens is 110 g/mol. The second-order valence-corrected chi connectivity index (χ2v) is 0.339. The molecule has 0 saturated carbocycles. The third kappa shape index (κ3) is 231. The molecular formula is C6H12F2. The number of halogens is 2. The van der Waals surface area contributed by atoms with Crippen LogP contribution in [0.1, 0.15) is 13.8 Å². The molecule has 0 aliphatic heterocycles. The van der Waals surface area contributed by atoms with Gasteiger partial charge in [-0.15, -0.1) is 13.2 Å². The molecule has 0 spiro atoms. The van der Waals surface area contributed by atoms with Gasteiger partial charge in [0.05, 0.1) is 0 Å². The van der Waals surface area contributed by atoms with Crippen LogP contribution in [0.3, 0.4) is 0 Å². The van der Waals surface area contributed by atoms with E-state index in [1.54, 1.807) is 0 Å². The lowest BCUT2D eigenvalue weighted by Gasteiger charge is -1.54. The number of hydrogen-bond acceptors (Lipinski definition) is 0. The minimum absolute atomic E-state index is 1.83. The van der Waals surface area contributed by atoms with Crippen LogP contribution in [0.25, 0.3) is 0 Å². The van der Waals surface area contributed by atoms with Crippen molar-refractivity contribution in [3.63, 3.8) is 0 Å². The molecule has 0 radical (unpaired) electrons. The molecule has 8 heavy (non-hydrogen) atoms. The summed E-state index contributed by atoms with van der Waals surface area (Å²) in [6, 6.07) is 0. The molecule has 0 N–H and O–H groups in total. The van der Waals surface area contributed by atoms with Crippen molar-refractivity contribution < 1.29 is 8.78 Å². The molecule has 0 aromatic heterocycles. The Hall–Kier alpha value is -0.660. The van der Waals surface area contributed by atoms with Crippen molar-refractivity contribution in [1.29, 1.82) is 0 Å². The van der Waals surface area contributed by atoms with E-state index in [1.165, 1.54) is 0 Å². The first kappa shape index (κ1) is 15.7. The van der Waals surface area contributed by atoms with Crippen LogP contribution in [0.2, 0.25) is 0 Å². The van der Waals surface area contributed by atoms with Gasteiger partial charge >= 0.3 is 0 Å². The van der Waals surface area contributed by atoms with E-state index in [0.29, 0.717) is 0 Å². The van der Waals surface area contributed by atoms with Gasteiger partial charge in [0, 0.05) is 0 Å². The van der Waals surface area contributed by atoms with Crippen molar-refractivity contribution in [3.05, 3.63) is 25.8 Å². The van der Waals surface area contributed by atoms with Crippen molar-refractivity contribution in [1.82, 2.24) is 0 Å². The van der Waals surface area contributed by atoms with E-state index < -0.39 is 6.08 Å². The van der Waals surface area contributed by atoms with Crippen molar-refractivity contribution >= 4 is 0 Å². The number of hydrogen-bond donors (Lipinski definition) is 0. The fourth-order valence-corrected chi connectivity index (χ4v) is 0. The molecule has 0 aliphatic carbocycles. The van der Waals surface area contributed by atoms with Crippen molar-refractivity contribution in [2.45, 2.75) is 13.8 Å². The van der Waals surface area contributed by atoms with E-state index >= 15 is 0 Å². The summed E-state index contributed by atoms with van der Waals surface area (Å²) in [4.78, 5) is 0. The average Bonchev–Trinajstić information content (AvgIpc) is 1.75. The Morgan fingerprint density at radius 2 is 1.12 bits per heavy atom. The maximum atomic E-state index is 10.1. The van der Waals surface area contributed by atoms with Gasteiger partial charge in [-0.1, -0.05) is 13.8 Å². The highest BCUT2D eigenvalue weighted by Crippen LogP contribution is 1.85. The molecule has 0 aromatic carbocycles. The van der Waals surface area contributed by atoms with Crippen LogP contribution in [0.5, 0.6) is 0 Å². The summed E-state index contributed by atoms with van der Waals surface area (Å²) in [5.74, 6) is 0. The van der Waals surface area contributed by atoms with Crippen LogP contribution in [-0.2, 0) is 0 Å². The molecule has 0 nitrogen and oxygen atoms in total. The van der Waals surface area contributed by atoms with E-state index in [1.807, 2.05) is 13.8 Å². The molecule has 50 valence electrons. The zero-order valence-electron chi connectivity index (χ0n) is 5.38. The lowest BCUT2D eigenvalue weighted by atomic mass is 11.0. The Morgan fingerprint density at radius 1 is 1.12 bits per heavy atom. The molecule has 0 saturated heterocycles. The Kier molecular flexibility index (Phi) is 64.6. The van der Waals surface area contributed by atoms with Gasteiger partial charge in [0.2, 0.25) is 0 Å². The van der Waals surface area contributed by atoms with Crippen LogP contribution < -0.4 is 0 Å². The van der Waals surface area contributed by atoms with Crippen molar-refractivity contribution in [3.8, 4) is 0 Å². The molecule has 2 heteroatoms. The maximum Gasteiger partial charge on any atom is 0.263 e. The minimum Gasteiger partial charge on any atom is -0.174 e. The molecule has 0 rings (SSSR count). The van der Waals surface area contributed by atoms with Gasteiger partial charge in [-0.05, 0) is 6.58 Å². The van der Waals surface area contributed by atoms with Gasteiger partial charge in [0.25, 0.3) is 6.08 Å². The van der Waals surface area contributed by atoms with E-state index in [0.717, 1.165) is 0 Å². The van der Waals surface area contributed by atoms with Crippen LogP contribution >= 0.6 is 0 Å². The molecule has 0 amide bonds. The van der Waals surface area contributed by atoms with Gasteiger partial charge in [-0.3, -0.25) is 0 Å². The number of rotatable bonds is 0. The van der Waals surface area contributed by atoms with Gasteiger partial charge in [0.1, 0.15) is 0 Å². The first-order valence-corrected chi connectivity index (χ1v) is 2.23. The first-order valence-electron chi connectivity index (χ1n) is 2.23. The molecule has 0 atom stereocenters. The standard InChI is InChI=1S/C2H2F2.C2H6.C2H4/c1-2(3)4;2*1-2/h1H2;1-2H3;1-2H2. The topological polar surface area (TPSA) is 0 Å². The van der Waals surface area contributed by atoms with Crippen molar-refractivity contribution in [2.24, 2.45) is 0 Å². The summed E-state index contributed by atoms with van der Waals surface area (Å²) in [6.07, 6.45) is -1.83. The van der Waals surface area contributed by atoms with Crippen LogP contribution in [0, 0.1) is 0 Å². The monoisotopic (exact) mass is 122 g/mol. The Balaban J connectivity index is -0.0000000542. The molecule has 0 aliphatic rings.